The van der Waals surface area contributed by atoms with Crippen molar-refractivity contribution in [2.45, 2.75) is 33.0 Å². The molecule has 0 aliphatic rings. The predicted octanol–water partition coefficient (Wildman–Crippen LogP) is 2.26. The van der Waals surface area contributed by atoms with Crippen molar-refractivity contribution in [2.75, 3.05) is 0 Å². The minimum atomic E-state index is -0.827. The maximum atomic E-state index is 13.0. The molecule has 0 radical (unpaired) electrons. The highest BCUT2D eigenvalue weighted by Crippen LogP contribution is 2.08. The van der Waals surface area contributed by atoms with E-state index in [-0.39, 0.29) is 0 Å². The summed E-state index contributed by atoms with van der Waals surface area (Å²) in [5.74, 6) is -0.815. The smallest absolute Gasteiger partial charge is 0.159 e. The molecule has 0 unspecified atom stereocenters. The Morgan fingerprint density at radius 1 is 1.21 bits per heavy atom. The molecular weight excluding hydrogens is 250 g/mol. The van der Waals surface area contributed by atoms with E-state index in [2.05, 4.69) is 22.3 Å². The Hall–Kier alpha value is -1.82. The SMILES string of the molecule is CCCn1ncnc1CNCc1ccc(F)c(F)c1. The van der Waals surface area contributed by atoms with Crippen LogP contribution < -0.4 is 5.32 Å². The number of rotatable bonds is 6. The van der Waals surface area contributed by atoms with Crippen LogP contribution in [-0.2, 0) is 19.6 Å². The molecule has 2 rings (SSSR count). The molecule has 0 fully saturated rings. The van der Waals surface area contributed by atoms with E-state index in [0.29, 0.717) is 18.7 Å². The van der Waals surface area contributed by atoms with E-state index in [1.165, 1.54) is 12.4 Å². The van der Waals surface area contributed by atoms with Gasteiger partial charge >= 0.3 is 0 Å². The summed E-state index contributed by atoms with van der Waals surface area (Å²) < 4.78 is 27.6. The number of halogens is 2. The van der Waals surface area contributed by atoms with Crippen molar-refractivity contribution >= 4 is 0 Å². The molecule has 2 aromatic rings. The Labute approximate surface area is 110 Å². The van der Waals surface area contributed by atoms with E-state index in [1.807, 2.05) is 4.68 Å². The van der Waals surface area contributed by atoms with Gasteiger partial charge in [0.25, 0.3) is 0 Å². The van der Waals surface area contributed by atoms with Gasteiger partial charge in [-0.2, -0.15) is 5.10 Å². The minimum absolute atomic E-state index is 0.455. The summed E-state index contributed by atoms with van der Waals surface area (Å²) in [4.78, 5) is 4.15. The van der Waals surface area contributed by atoms with Crippen LogP contribution in [0.2, 0.25) is 0 Å². The number of aromatic nitrogens is 3. The zero-order valence-electron chi connectivity index (χ0n) is 10.7. The van der Waals surface area contributed by atoms with Crippen molar-refractivity contribution in [3.8, 4) is 0 Å². The van der Waals surface area contributed by atoms with E-state index >= 15 is 0 Å². The van der Waals surface area contributed by atoms with Gasteiger partial charge in [-0.15, -0.1) is 0 Å². The molecule has 1 heterocycles. The van der Waals surface area contributed by atoms with Crippen LogP contribution in [-0.4, -0.2) is 14.8 Å². The van der Waals surface area contributed by atoms with Gasteiger partial charge in [0, 0.05) is 13.1 Å². The molecule has 0 saturated carbocycles. The third-order valence-corrected chi connectivity index (χ3v) is 2.73. The van der Waals surface area contributed by atoms with Gasteiger partial charge in [-0.1, -0.05) is 13.0 Å². The average molecular weight is 266 g/mol. The zero-order valence-corrected chi connectivity index (χ0v) is 10.7. The van der Waals surface area contributed by atoms with Crippen molar-refractivity contribution < 1.29 is 8.78 Å². The molecule has 19 heavy (non-hydrogen) atoms. The summed E-state index contributed by atoms with van der Waals surface area (Å²) in [6.07, 6.45) is 2.50. The summed E-state index contributed by atoms with van der Waals surface area (Å²) in [6, 6.07) is 3.88. The first-order chi connectivity index (χ1) is 9.20. The lowest BCUT2D eigenvalue weighted by Gasteiger charge is -2.06. The van der Waals surface area contributed by atoms with Gasteiger partial charge in [0.1, 0.15) is 12.2 Å². The molecular formula is C13H16F2N4. The maximum Gasteiger partial charge on any atom is 0.159 e. The molecule has 0 amide bonds. The second-order valence-electron chi connectivity index (χ2n) is 4.25. The quantitative estimate of drug-likeness (QED) is 0.872. The van der Waals surface area contributed by atoms with E-state index in [1.54, 1.807) is 6.07 Å². The molecule has 0 aliphatic heterocycles. The molecule has 1 N–H and O–H groups in total. The van der Waals surface area contributed by atoms with Crippen molar-refractivity contribution in [2.24, 2.45) is 0 Å². The highest BCUT2D eigenvalue weighted by atomic mass is 19.2. The molecule has 0 bridgehead atoms. The first-order valence-electron chi connectivity index (χ1n) is 6.22. The Morgan fingerprint density at radius 3 is 2.79 bits per heavy atom. The van der Waals surface area contributed by atoms with Gasteiger partial charge in [-0.05, 0) is 24.1 Å². The first-order valence-corrected chi connectivity index (χ1v) is 6.22. The van der Waals surface area contributed by atoms with Crippen LogP contribution in [0, 0.1) is 11.6 Å². The second-order valence-corrected chi connectivity index (χ2v) is 4.25. The number of hydrogen-bond acceptors (Lipinski definition) is 3. The number of benzene rings is 1. The van der Waals surface area contributed by atoms with Crippen LogP contribution in [0.1, 0.15) is 24.7 Å². The van der Waals surface area contributed by atoms with Gasteiger partial charge in [0.15, 0.2) is 11.6 Å². The highest BCUT2D eigenvalue weighted by molar-refractivity contribution is 5.17. The second kappa shape index (κ2) is 6.38. The molecule has 0 spiro atoms. The molecule has 1 aromatic carbocycles. The molecule has 102 valence electrons. The van der Waals surface area contributed by atoms with E-state index < -0.39 is 11.6 Å². The lowest BCUT2D eigenvalue weighted by molar-refractivity contribution is 0.504. The number of nitrogens with zero attached hydrogens (tertiary/aromatic N) is 3. The Balaban J connectivity index is 1.89. The van der Waals surface area contributed by atoms with Gasteiger partial charge in [0.2, 0.25) is 0 Å². The van der Waals surface area contributed by atoms with Crippen LogP contribution in [0.3, 0.4) is 0 Å². The molecule has 6 heteroatoms. The first kappa shape index (κ1) is 13.6. The summed E-state index contributed by atoms with van der Waals surface area (Å²) in [7, 11) is 0. The van der Waals surface area contributed by atoms with Crippen molar-refractivity contribution in [3.63, 3.8) is 0 Å². The summed E-state index contributed by atoms with van der Waals surface area (Å²) in [6.45, 7) is 3.89. The van der Waals surface area contributed by atoms with Crippen LogP contribution in [0.25, 0.3) is 0 Å². The standard InChI is InChI=1S/C13H16F2N4/c1-2-5-19-13(17-9-18-19)8-16-7-10-3-4-11(14)12(15)6-10/h3-4,6,9,16H,2,5,7-8H2,1H3. The number of aryl methyl sites for hydroxylation is 1. The third-order valence-electron chi connectivity index (χ3n) is 2.73. The van der Waals surface area contributed by atoms with Crippen molar-refractivity contribution in [1.82, 2.24) is 20.1 Å². The van der Waals surface area contributed by atoms with Gasteiger partial charge < -0.3 is 5.32 Å². The molecule has 0 aliphatic carbocycles. The highest BCUT2D eigenvalue weighted by Gasteiger charge is 2.05. The fourth-order valence-electron chi connectivity index (χ4n) is 1.79. The fourth-order valence-corrected chi connectivity index (χ4v) is 1.79. The Kier molecular flexibility index (Phi) is 4.57. The predicted molar refractivity (Wildman–Crippen MR) is 67.2 cm³/mol. The van der Waals surface area contributed by atoms with E-state index in [0.717, 1.165) is 24.9 Å². The number of hydrogen-bond donors (Lipinski definition) is 1. The zero-order chi connectivity index (χ0) is 13.7. The topological polar surface area (TPSA) is 42.7 Å². The Bertz CT molecular complexity index is 539. The lowest BCUT2D eigenvalue weighted by atomic mass is 10.2. The van der Waals surface area contributed by atoms with Crippen LogP contribution >= 0.6 is 0 Å². The van der Waals surface area contributed by atoms with Crippen LogP contribution in [0.5, 0.6) is 0 Å². The molecule has 4 nitrogen and oxygen atoms in total. The molecule has 0 saturated heterocycles. The fraction of sp³-hybridized carbons (Fsp3) is 0.385. The minimum Gasteiger partial charge on any atom is -0.306 e. The van der Waals surface area contributed by atoms with Crippen molar-refractivity contribution in [3.05, 3.63) is 47.5 Å². The monoisotopic (exact) mass is 266 g/mol. The largest absolute Gasteiger partial charge is 0.306 e. The molecule has 1 aromatic heterocycles. The normalized spacial score (nSPS) is 10.9. The summed E-state index contributed by atoms with van der Waals surface area (Å²) in [5, 5.41) is 7.25. The van der Waals surface area contributed by atoms with Crippen LogP contribution in [0.15, 0.2) is 24.5 Å². The van der Waals surface area contributed by atoms with Gasteiger partial charge in [-0.25, -0.2) is 18.4 Å². The lowest BCUT2D eigenvalue weighted by Crippen LogP contribution is -2.17. The van der Waals surface area contributed by atoms with E-state index in [9.17, 15) is 8.78 Å². The maximum absolute atomic E-state index is 13.0. The summed E-state index contributed by atoms with van der Waals surface area (Å²) in [5.41, 5.74) is 0.695. The van der Waals surface area contributed by atoms with Crippen LogP contribution in [0.4, 0.5) is 8.78 Å². The third kappa shape index (κ3) is 3.57. The van der Waals surface area contributed by atoms with Gasteiger partial charge in [-0.3, -0.25) is 0 Å². The summed E-state index contributed by atoms with van der Waals surface area (Å²) >= 11 is 0. The average Bonchev–Trinajstić information content (AvgIpc) is 2.82. The van der Waals surface area contributed by atoms with Gasteiger partial charge in [0.05, 0.1) is 6.54 Å². The number of nitrogens with one attached hydrogen (secondary N) is 1. The molecule has 0 atom stereocenters. The van der Waals surface area contributed by atoms with Crippen molar-refractivity contribution in [1.29, 1.82) is 0 Å². The Morgan fingerprint density at radius 2 is 2.05 bits per heavy atom. The van der Waals surface area contributed by atoms with E-state index in [4.69, 9.17) is 0 Å².